The summed E-state index contributed by atoms with van der Waals surface area (Å²) in [5, 5.41) is 2.95. The molecule has 0 aromatic heterocycles. The molecule has 136 valence electrons. The van der Waals surface area contributed by atoms with Crippen molar-refractivity contribution in [1.29, 1.82) is 0 Å². The number of ether oxygens (including phenoxy) is 1. The Kier molecular flexibility index (Phi) is 5.83. The molecule has 2 atom stereocenters. The number of nitrogens with one attached hydrogen (secondary N) is 1. The van der Waals surface area contributed by atoms with Crippen molar-refractivity contribution < 1.29 is 18.5 Å². The van der Waals surface area contributed by atoms with Crippen LogP contribution in [0.25, 0.3) is 0 Å². The topological polar surface area (TPSA) is 72.5 Å². The molecule has 2 unspecified atom stereocenters. The summed E-state index contributed by atoms with van der Waals surface area (Å²) in [5.74, 6) is -0.885. The summed E-state index contributed by atoms with van der Waals surface area (Å²) in [4.78, 5) is 24.8. The molecule has 0 fully saturated rings. The van der Waals surface area contributed by atoms with E-state index in [2.05, 4.69) is 11.4 Å². The molecule has 6 heteroatoms. The molecule has 1 aliphatic carbocycles. The number of hydrogen-bond donors (Lipinski definition) is 1. The molecule has 1 aliphatic rings. The largest absolute Gasteiger partial charge is 0.452 e. The Hall–Kier alpha value is -2.47. The predicted octanol–water partition coefficient (Wildman–Crippen LogP) is 2.77. The number of rotatable bonds is 5. The Morgan fingerprint density at radius 2 is 1.88 bits per heavy atom. The molecule has 1 amide bonds. The first-order chi connectivity index (χ1) is 12.5. The maximum Gasteiger partial charge on any atom is 0.338 e. The second kappa shape index (κ2) is 8.27. The number of aryl methyl sites for hydroxylation is 1. The first-order valence-electron chi connectivity index (χ1n) is 8.52. The van der Waals surface area contributed by atoms with Gasteiger partial charge in [0, 0.05) is 22.0 Å². The van der Waals surface area contributed by atoms with Crippen LogP contribution in [-0.4, -0.2) is 28.9 Å². The Labute approximate surface area is 155 Å². The second-order valence-corrected chi connectivity index (χ2v) is 7.65. The third-order valence-corrected chi connectivity index (χ3v) is 5.40. The van der Waals surface area contributed by atoms with E-state index in [9.17, 15) is 13.8 Å². The second-order valence-electron chi connectivity index (χ2n) is 6.27. The monoisotopic (exact) mass is 371 g/mol. The predicted molar refractivity (Wildman–Crippen MR) is 99.3 cm³/mol. The molecule has 0 saturated carbocycles. The van der Waals surface area contributed by atoms with Crippen molar-refractivity contribution in [3.05, 3.63) is 65.2 Å². The van der Waals surface area contributed by atoms with E-state index in [4.69, 9.17) is 4.74 Å². The lowest BCUT2D eigenvalue weighted by molar-refractivity contribution is -0.125. The molecule has 26 heavy (non-hydrogen) atoms. The summed E-state index contributed by atoms with van der Waals surface area (Å²) >= 11 is 0. The fourth-order valence-electron chi connectivity index (χ4n) is 3.14. The van der Waals surface area contributed by atoms with Crippen molar-refractivity contribution in [2.24, 2.45) is 0 Å². The zero-order valence-corrected chi connectivity index (χ0v) is 15.4. The highest BCUT2D eigenvalue weighted by atomic mass is 32.2. The van der Waals surface area contributed by atoms with Gasteiger partial charge in [0.25, 0.3) is 5.91 Å². The first-order valence-corrected chi connectivity index (χ1v) is 10.1. The molecule has 2 aromatic rings. The number of fused-ring (bicyclic) bond motifs is 1. The fraction of sp³-hybridized carbons (Fsp3) is 0.300. The standard InChI is InChI=1S/C20H21NO4S/c1-26(24)16-11-9-15(10-12-16)20(23)25-13-19(22)21-18-8-4-6-14-5-2-3-7-17(14)18/h2-3,5,7,9-12,18H,4,6,8,13H2,1H3,(H,21,22). The molecule has 0 heterocycles. The maximum atomic E-state index is 12.2. The van der Waals surface area contributed by atoms with Gasteiger partial charge in [-0.2, -0.15) is 0 Å². The highest BCUT2D eigenvalue weighted by Gasteiger charge is 2.21. The minimum atomic E-state index is -1.10. The average molecular weight is 371 g/mol. The number of carbonyl (C=O) groups is 2. The van der Waals surface area contributed by atoms with E-state index in [0.717, 1.165) is 24.8 Å². The van der Waals surface area contributed by atoms with Crippen LogP contribution in [0.3, 0.4) is 0 Å². The molecule has 1 N–H and O–H groups in total. The number of hydrogen-bond acceptors (Lipinski definition) is 4. The van der Waals surface area contributed by atoms with Crippen molar-refractivity contribution >= 4 is 22.7 Å². The molecule has 2 aromatic carbocycles. The van der Waals surface area contributed by atoms with Crippen LogP contribution in [0, 0.1) is 0 Å². The van der Waals surface area contributed by atoms with Gasteiger partial charge < -0.3 is 10.1 Å². The summed E-state index contributed by atoms with van der Waals surface area (Å²) < 4.78 is 16.5. The van der Waals surface area contributed by atoms with Gasteiger partial charge in [0.15, 0.2) is 6.61 Å². The third-order valence-electron chi connectivity index (χ3n) is 4.46. The molecule has 0 saturated heterocycles. The molecule has 0 bridgehead atoms. The van der Waals surface area contributed by atoms with E-state index in [-0.39, 0.29) is 18.6 Å². The van der Waals surface area contributed by atoms with Crippen LogP contribution in [0.4, 0.5) is 0 Å². The van der Waals surface area contributed by atoms with Gasteiger partial charge in [0.05, 0.1) is 11.6 Å². The van der Waals surface area contributed by atoms with Crippen molar-refractivity contribution in [3.63, 3.8) is 0 Å². The third kappa shape index (κ3) is 4.38. The number of carbonyl (C=O) groups excluding carboxylic acids is 2. The zero-order valence-electron chi connectivity index (χ0n) is 14.6. The molecule has 0 aliphatic heterocycles. The summed E-state index contributed by atoms with van der Waals surface area (Å²) in [7, 11) is -1.10. The van der Waals surface area contributed by atoms with E-state index < -0.39 is 16.8 Å². The van der Waals surface area contributed by atoms with Crippen LogP contribution in [0.15, 0.2) is 53.4 Å². The normalized spacial score (nSPS) is 17.0. The quantitative estimate of drug-likeness (QED) is 0.821. The fourth-order valence-corrected chi connectivity index (χ4v) is 3.66. The lowest BCUT2D eigenvalue weighted by Crippen LogP contribution is -2.34. The van der Waals surface area contributed by atoms with Gasteiger partial charge in [-0.15, -0.1) is 0 Å². The Morgan fingerprint density at radius 1 is 1.15 bits per heavy atom. The van der Waals surface area contributed by atoms with Gasteiger partial charge in [-0.25, -0.2) is 4.79 Å². The van der Waals surface area contributed by atoms with Gasteiger partial charge in [-0.3, -0.25) is 9.00 Å². The van der Waals surface area contributed by atoms with E-state index >= 15 is 0 Å². The van der Waals surface area contributed by atoms with E-state index in [1.807, 2.05) is 18.2 Å². The Morgan fingerprint density at radius 3 is 2.62 bits per heavy atom. The van der Waals surface area contributed by atoms with Gasteiger partial charge in [0.2, 0.25) is 0 Å². The average Bonchev–Trinajstić information content (AvgIpc) is 2.66. The van der Waals surface area contributed by atoms with Crippen molar-refractivity contribution in [2.45, 2.75) is 30.2 Å². The lowest BCUT2D eigenvalue weighted by atomic mass is 9.88. The van der Waals surface area contributed by atoms with Gasteiger partial charge >= 0.3 is 5.97 Å². The van der Waals surface area contributed by atoms with Gasteiger partial charge in [-0.1, -0.05) is 24.3 Å². The van der Waals surface area contributed by atoms with Crippen molar-refractivity contribution in [2.75, 3.05) is 12.9 Å². The molecule has 0 radical (unpaired) electrons. The number of esters is 1. The minimum Gasteiger partial charge on any atom is -0.452 e. The van der Waals surface area contributed by atoms with Crippen LogP contribution in [-0.2, 0) is 26.8 Å². The van der Waals surface area contributed by atoms with Gasteiger partial charge in [-0.05, 0) is 54.7 Å². The summed E-state index contributed by atoms with van der Waals surface area (Å²) in [5.41, 5.74) is 2.73. The smallest absolute Gasteiger partial charge is 0.338 e. The number of benzene rings is 2. The van der Waals surface area contributed by atoms with Crippen molar-refractivity contribution in [3.8, 4) is 0 Å². The van der Waals surface area contributed by atoms with E-state index in [1.54, 1.807) is 30.5 Å². The maximum absolute atomic E-state index is 12.2. The van der Waals surface area contributed by atoms with E-state index in [0.29, 0.717) is 10.5 Å². The van der Waals surface area contributed by atoms with E-state index in [1.165, 1.54) is 5.56 Å². The van der Waals surface area contributed by atoms with Crippen LogP contribution < -0.4 is 5.32 Å². The molecular weight excluding hydrogens is 350 g/mol. The summed E-state index contributed by atoms with van der Waals surface area (Å²) in [6, 6.07) is 14.4. The highest BCUT2D eigenvalue weighted by molar-refractivity contribution is 7.84. The van der Waals surface area contributed by atoms with Crippen LogP contribution in [0.5, 0.6) is 0 Å². The molecule has 0 spiro atoms. The lowest BCUT2D eigenvalue weighted by Gasteiger charge is -2.26. The van der Waals surface area contributed by atoms with Crippen LogP contribution in [0.1, 0.15) is 40.4 Å². The molecule has 5 nitrogen and oxygen atoms in total. The Balaban J connectivity index is 1.54. The minimum absolute atomic E-state index is 0.0371. The Bertz CT molecular complexity index is 832. The highest BCUT2D eigenvalue weighted by Crippen LogP contribution is 2.29. The molecule has 3 rings (SSSR count). The van der Waals surface area contributed by atoms with Crippen LogP contribution in [0.2, 0.25) is 0 Å². The number of amides is 1. The SMILES string of the molecule is CS(=O)c1ccc(C(=O)OCC(=O)NC2CCCc3ccccc32)cc1. The first kappa shape index (κ1) is 18.3. The van der Waals surface area contributed by atoms with Gasteiger partial charge in [0.1, 0.15) is 0 Å². The van der Waals surface area contributed by atoms with Crippen LogP contribution >= 0.6 is 0 Å². The molecular formula is C20H21NO4S. The zero-order chi connectivity index (χ0) is 18.5. The van der Waals surface area contributed by atoms with Crippen molar-refractivity contribution in [1.82, 2.24) is 5.32 Å². The summed E-state index contributed by atoms with van der Waals surface area (Å²) in [6.45, 7) is -0.320. The summed E-state index contributed by atoms with van der Waals surface area (Å²) in [6.07, 6.45) is 4.50.